The van der Waals surface area contributed by atoms with Crippen LogP contribution in [0.5, 0.6) is 0 Å². The van der Waals surface area contributed by atoms with Crippen LogP contribution < -0.4 is 5.73 Å². The number of amides is 2. The van der Waals surface area contributed by atoms with Crippen LogP contribution in [0.1, 0.15) is 33.1 Å². The molecule has 0 spiro atoms. The van der Waals surface area contributed by atoms with E-state index in [0.29, 0.717) is 13.0 Å². The third-order valence-electron chi connectivity index (χ3n) is 2.89. The molecule has 0 aromatic rings. The van der Waals surface area contributed by atoms with E-state index in [0.717, 1.165) is 18.6 Å². The second-order valence-corrected chi connectivity index (χ2v) is 5.24. The van der Waals surface area contributed by atoms with Crippen molar-refractivity contribution in [1.82, 2.24) is 4.90 Å². The van der Waals surface area contributed by atoms with Crippen molar-refractivity contribution in [3.8, 4) is 0 Å². The summed E-state index contributed by atoms with van der Waals surface area (Å²) < 4.78 is 0. The van der Waals surface area contributed by atoms with E-state index in [1.807, 2.05) is 13.8 Å². The summed E-state index contributed by atoms with van der Waals surface area (Å²) in [7, 11) is 0. The minimum Gasteiger partial charge on any atom is -0.330 e. The molecule has 92 valence electrons. The Hall–Kier alpha value is -0.550. The van der Waals surface area contributed by atoms with E-state index < -0.39 is 0 Å². The number of hydrogen-bond donors (Lipinski definition) is 1. The second kappa shape index (κ2) is 6.25. The van der Waals surface area contributed by atoms with Gasteiger partial charge in [0, 0.05) is 24.8 Å². The van der Waals surface area contributed by atoms with Gasteiger partial charge in [-0.3, -0.25) is 14.5 Å². The molecule has 0 bridgehead atoms. The van der Waals surface area contributed by atoms with Gasteiger partial charge in [-0.2, -0.15) is 0 Å². The Morgan fingerprint density at radius 3 is 2.56 bits per heavy atom. The maximum atomic E-state index is 12.0. The minimum absolute atomic E-state index is 0.0165. The molecule has 16 heavy (non-hydrogen) atoms. The quantitative estimate of drug-likeness (QED) is 0.708. The highest BCUT2D eigenvalue weighted by atomic mass is 32.2. The Morgan fingerprint density at radius 1 is 1.44 bits per heavy atom. The zero-order chi connectivity index (χ0) is 12.1. The Bertz CT molecular complexity index is 267. The number of thioether (sulfide) groups is 1. The molecule has 1 aliphatic rings. The van der Waals surface area contributed by atoms with Gasteiger partial charge in [0.25, 0.3) is 0 Å². The van der Waals surface area contributed by atoms with Gasteiger partial charge in [-0.1, -0.05) is 13.8 Å². The standard InChI is InChI=1S/C11H20N2O2S/c1-3-8(4-2)13-10(14)7-9(11(13)15)16-6-5-12/h8-9H,3-7,12H2,1-2H3. The first-order valence-corrected chi connectivity index (χ1v) is 6.88. The van der Waals surface area contributed by atoms with Crippen molar-refractivity contribution in [2.75, 3.05) is 12.3 Å². The largest absolute Gasteiger partial charge is 0.330 e. The van der Waals surface area contributed by atoms with Crippen LogP contribution in [0.2, 0.25) is 0 Å². The van der Waals surface area contributed by atoms with E-state index in [-0.39, 0.29) is 23.1 Å². The van der Waals surface area contributed by atoms with Crippen LogP contribution in [0.3, 0.4) is 0 Å². The molecule has 1 fully saturated rings. The molecule has 1 heterocycles. The molecule has 2 N–H and O–H groups in total. The summed E-state index contributed by atoms with van der Waals surface area (Å²) >= 11 is 1.50. The first-order valence-electron chi connectivity index (χ1n) is 5.83. The summed E-state index contributed by atoms with van der Waals surface area (Å²) in [6.07, 6.45) is 2.02. The van der Waals surface area contributed by atoms with Gasteiger partial charge in [-0.25, -0.2) is 0 Å². The highest BCUT2D eigenvalue weighted by Crippen LogP contribution is 2.27. The van der Waals surface area contributed by atoms with Crippen molar-refractivity contribution in [2.45, 2.75) is 44.4 Å². The first-order chi connectivity index (χ1) is 7.65. The number of nitrogens with two attached hydrogens (primary N) is 1. The second-order valence-electron chi connectivity index (χ2n) is 3.92. The molecule has 0 aromatic carbocycles. The smallest absolute Gasteiger partial charge is 0.243 e. The molecule has 1 aliphatic heterocycles. The van der Waals surface area contributed by atoms with Gasteiger partial charge in [0.15, 0.2) is 0 Å². The van der Waals surface area contributed by atoms with Crippen LogP contribution in [-0.4, -0.2) is 40.3 Å². The van der Waals surface area contributed by atoms with E-state index in [9.17, 15) is 9.59 Å². The van der Waals surface area contributed by atoms with E-state index in [2.05, 4.69) is 0 Å². The fraction of sp³-hybridized carbons (Fsp3) is 0.818. The molecule has 1 rings (SSSR count). The van der Waals surface area contributed by atoms with Crippen molar-refractivity contribution in [1.29, 1.82) is 0 Å². The molecule has 1 atom stereocenters. The van der Waals surface area contributed by atoms with Gasteiger partial charge < -0.3 is 5.73 Å². The van der Waals surface area contributed by atoms with Crippen molar-refractivity contribution in [3.63, 3.8) is 0 Å². The van der Waals surface area contributed by atoms with Crippen LogP contribution in [-0.2, 0) is 9.59 Å². The maximum Gasteiger partial charge on any atom is 0.243 e. The van der Waals surface area contributed by atoms with Crippen molar-refractivity contribution in [3.05, 3.63) is 0 Å². The third-order valence-corrected chi connectivity index (χ3v) is 4.13. The van der Waals surface area contributed by atoms with Crippen LogP contribution >= 0.6 is 11.8 Å². The lowest BCUT2D eigenvalue weighted by atomic mass is 10.1. The van der Waals surface area contributed by atoms with E-state index >= 15 is 0 Å². The van der Waals surface area contributed by atoms with Crippen LogP contribution in [0, 0.1) is 0 Å². The Balaban J connectivity index is 2.66. The normalized spacial score (nSPS) is 21.2. The molecule has 0 radical (unpaired) electrons. The zero-order valence-electron chi connectivity index (χ0n) is 9.94. The molecular formula is C11H20N2O2S. The van der Waals surface area contributed by atoms with E-state index in [1.165, 1.54) is 16.7 Å². The molecule has 1 unspecified atom stereocenters. The summed E-state index contributed by atoms with van der Waals surface area (Å²) in [4.78, 5) is 25.3. The van der Waals surface area contributed by atoms with Crippen LogP contribution in [0.25, 0.3) is 0 Å². The summed E-state index contributed by atoms with van der Waals surface area (Å²) in [6, 6.07) is 0.0727. The van der Waals surface area contributed by atoms with Crippen molar-refractivity contribution in [2.24, 2.45) is 5.73 Å². The molecule has 0 aromatic heterocycles. The number of likely N-dealkylation sites (tertiary alicyclic amines) is 1. The summed E-state index contributed by atoms with van der Waals surface area (Å²) in [5.74, 6) is 0.700. The van der Waals surface area contributed by atoms with Gasteiger partial charge in [-0.15, -0.1) is 11.8 Å². The number of imide groups is 1. The highest BCUT2D eigenvalue weighted by molar-refractivity contribution is 8.00. The Labute approximate surface area is 101 Å². The topological polar surface area (TPSA) is 63.4 Å². The molecule has 4 nitrogen and oxygen atoms in total. The average molecular weight is 244 g/mol. The van der Waals surface area contributed by atoms with Crippen molar-refractivity contribution >= 4 is 23.6 Å². The first kappa shape index (κ1) is 13.5. The molecule has 1 saturated heterocycles. The summed E-state index contributed by atoms with van der Waals surface area (Å²) in [6.45, 7) is 4.57. The Morgan fingerprint density at radius 2 is 2.06 bits per heavy atom. The predicted molar refractivity (Wildman–Crippen MR) is 66.1 cm³/mol. The van der Waals surface area contributed by atoms with Gasteiger partial charge in [0.1, 0.15) is 0 Å². The van der Waals surface area contributed by atoms with Gasteiger partial charge in [0.2, 0.25) is 11.8 Å². The number of nitrogens with zero attached hydrogens (tertiary/aromatic N) is 1. The number of carbonyl (C=O) groups excluding carboxylic acids is 2. The lowest BCUT2D eigenvalue weighted by molar-refractivity contribution is -0.141. The van der Waals surface area contributed by atoms with Crippen LogP contribution in [0.4, 0.5) is 0 Å². The van der Waals surface area contributed by atoms with E-state index in [1.54, 1.807) is 0 Å². The fourth-order valence-corrected chi connectivity index (χ4v) is 2.94. The lowest BCUT2D eigenvalue weighted by Crippen LogP contribution is -2.40. The zero-order valence-corrected chi connectivity index (χ0v) is 10.8. The summed E-state index contributed by atoms with van der Waals surface area (Å²) in [5.41, 5.74) is 5.40. The van der Waals surface area contributed by atoms with Gasteiger partial charge >= 0.3 is 0 Å². The molecule has 0 saturated carbocycles. The number of carbonyl (C=O) groups is 2. The number of rotatable bonds is 6. The average Bonchev–Trinajstić information content (AvgIpc) is 2.55. The maximum absolute atomic E-state index is 12.0. The highest BCUT2D eigenvalue weighted by Gasteiger charge is 2.41. The fourth-order valence-electron chi connectivity index (χ4n) is 2.00. The molecule has 0 aliphatic carbocycles. The predicted octanol–water partition coefficient (Wildman–Crippen LogP) is 0.994. The third kappa shape index (κ3) is 2.77. The van der Waals surface area contributed by atoms with Crippen molar-refractivity contribution < 1.29 is 9.59 Å². The van der Waals surface area contributed by atoms with E-state index in [4.69, 9.17) is 5.73 Å². The summed E-state index contributed by atoms with van der Waals surface area (Å²) in [5, 5.41) is -0.198. The van der Waals surface area contributed by atoms with Gasteiger partial charge in [0.05, 0.1) is 5.25 Å². The molecular weight excluding hydrogens is 224 g/mol. The van der Waals surface area contributed by atoms with Gasteiger partial charge in [-0.05, 0) is 12.8 Å². The molecule has 2 amide bonds. The SMILES string of the molecule is CCC(CC)N1C(=O)CC(SCCN)C1=O. The number of hydrogen-bond acceptors (Lipinski definition) is 4. The minimum atomic E-state index is -0.198. The Kier molecular flexibility index (Phi) is 5.28. The van der Waals surface area contributed by atoms with Crippen LogP contribution in [0.15, 0.2) is 0 Å². The monoisotopic (exact) mass is 244 g/mol. The molecule has 5 heteroatoms. The lowest BCUT2D eigenvalue weighted by Gasteiger charge is -2.24.